The van der Waals surface area contributed by atoms with Crippen LogP contribution in [0.25, 0.3) is 0 Å². The summed E-state index contributed by atoms with van der Waals surface area (Å²) >= 11 is 0. The van der Waals surface area contributed by atoms with Crippen LogP contribution < -0.4 is 5.32 Å². The zero-order valence-corrected chi connectivity index (χ0v) is 10.9. The molecule has 96 valence electrons. The first-order chi connectivity index (χ1) is 7.95. The molecule has 1 fully saturated rings. The molecule has 1 aliphatic rings. The van der Waals surface area contributed by atoms with E-state index in [4.69, 9.17) is 4.52 Å². The molecule has 0 spiro atoms. The van der Waals surface area contributed by atoms with Gasteiger partial charge in [0.15, 0.2) is 15.7 Å². The highest BCUT2D eigenvalue weighted by Crippen LogP contribution is 2.32. The second kappa shape index (κ2) is 4.38. The maximum atomic E-state index is 11.1. The first kappa shape index (κ1) is 12.5. The predicted molar refractivity (Wildman–Crippen MR) is 62.1 cm³/mol. The van der Waals surface area contributed by atoms with E-state index in [-0.39, 0.29) is 17.1 Å². The van der Waals surface area contributed by atoms with Crippen LogP contribution in [0.15, 0.2) is 4.52 Å². The van der Waals surface area contributed by atoms with Gasteiger partial charge < -0.3 is 9.84 Å². The Morgan fingerprint density at radius 3 is 2.82 bits per heavy atom. The molecule has 6 nitrogen and oxygen atoms in total. The van der Waals surface area contributed by atoms with Gasteiger partial charge in [-0.15, -0.1) is 0 Å². The lowest BCUT2D eigenvalue weighted by Gasteiger charge is -2.22. The maximum Gasteiger partial charge on any atom is 0.246 e. The van der Waals surface area contributed by atoms with E-state index in [0.29, 0.717) is 5.89 Å². The summed E-state index contributed by atoms with van der Waals surface area (Å²) in [5, 5.41) is 7.10. The smallest absolute Gasteiger partial charge is 0.246 e. The Balaban J connectivity index is 2.23. The third kappa shape index (κ3) is 2.66. The molecule has 17 heavy (non-hydrogen) atoms. The van der Waals surface area contributed by atoms with Crippen molar-refractivity contribution in [3.63, 3.8) is 0 Å². The van der Waals surface area contributed by atoms with Crippen molar-refractivity contribution < 1.29 is 12.9 Å². The van der Waals surface area contributed by atoms with Gasteiger partial charge in [0.2, 0.25) is 5.89 Å². The number of sulfone groups is 1. The molecule has 0 amide bonds. The van der Waals surface area contributed by atoms with E-state index < -0.39 is 9.84 Å². The molecule has 2 rings (SSSR count). The minimum Gasteiger partial charge on any atom is -0.337 e. The third-order valence-corrected chi connectivity index (χ3v) is 3.90. The average molecular weight is 259 g/mol. The second-order valence-corrected chi connectivity index (χ2v) is 6.69. The van der Waals surface area contributed by atoms with Crippen molar-refractivity contribution in [3.8, 4) is 0 Å². The van der Waals surface area contributed by atoms with E-state index in [1.807, 2.05) is 0 Å². The molecule has 0 saturated carbocycles. The first-order valence-corrected chi connectivity index (χ1v) is 7.77. The zero-order valence-electron chi connectivity index (χ0n) is 10.1. The molecule has 0 bridgehead atoms. The molecule has 1 aliphatic heterocycles. The number of hydrogen-bond acceptors (Lipinski definition) is 6. The summed E-state index contributed by atoms with van der Waals surface area (Å²) < 4.78 is 27.5. The van der Waals surface area contributed by atoms with Gasteiger partial charge in [-0.1, -0.05) is 12.1 Å². The SMILES string of the molecule is CCC1(c2nc(CS(C)(=O)=O)no2)CCCN1. The standard InChI is InChI=1S/C10H17N3O3S/c1-3-10(5-4-6-11-10)9-12-8(13-16-9)7-17(2,14)15/h11H,3-7H2,1-2H3. The topological polar surface area (TPSA) is 85.1 Å². The van der Waals surface area contributed by atoms with E-state index in [2.05, 4.69) is 22.4 Å². The van der Waals surface area contributed by atoms with Gasteiger partial charge in [0.1, 0.15) is 5.75 Å². The molecule has 0 radical (unpaired) electrons. The van der Waals surface area contributed by atoms with Crippen molar-refractivity contribution in [2.45, 2.75) is 37.5 Å². The Morgan fingerprint density at radius 2 is 2.29 bits per heavy atom. The molecule has 2 heterocycles. The summed E-state index contributed by atoms with van der Waals surface area (Å²) in [6.45, 7) is 2.98. The van der Waals surface area contributed by atoms with E-state index in [0.717, 1.165) is 32.1 Å². The van der Waals surface area contributed by atoms with Gasteiger partial charge in [-0.05, 0) is 25.8 Å². The molecule has 0 aliphatic carbocycles. The summed E-state index contributed by atoms with van der Waals surface area (Å²) in [5.41, 5.74) is -0.261. The number of rotatable bonds is 4. The van der Waals surface area contributed by atoms with E-state index in [1.165, 1.54) is 0 Å². The Hall–Kier alpha value is -0.950. The Labute approximate surface area is 101 Å². The largest absolute Gasteiger partial charge is 0.337 e. The zero-order chi connectivity index (χ0) is 12.5. The molecule has 1 atom stereocenters. The van der Waals surface area contributed by atoms with E-state index in [9.17, 15) is 8.42 Å². The van der Waals surface area contributed by atoms with Gasteiger partial charge >= 0.3 is 0 Å². The minimum absolute atomic E-state index is 0.170. The van der Waals surface area contributed by atoms with Crippen molar-refractivity contribution in [1.82, 2.24) is 15.5 Å². The third-order valence-electron chi connectivity index (χ3n) is 3.12. The molecule has 1 aromatic heterocycles. The summed E-state index contributed by atoms with van der Waals surface area (Å²) in [6, 6.07) is 0. The number of aromatic nitrogens is 2. The monoisotopic (exact) mass is 259 g/mol. The molecule has 7 heteroatoms. The van der Waals surface area contributed by atoms with Gasteiger partial charge in [0, 0.05) is 6.26 Å². The summed E-state index contributed by atoms with van der Waals surface area (Å²) in [7, 11) is -3.12. The lowest BCUT2D eigenvalue weighted by molar-refractivity contribution is 0.249. The van der Waals surface area contributed by atoms with Crippen LogP contribution in [-0.4, -0.2) is 31.4 Å². The number of nitrogens with one attached hydrogen (secondary N) is 1. The van der Waals surface area contributed by atoms with Gasteiger partial charge in [-0.25, -0.2) is 8.42 Å². The fraction of sp³-hybridized carbons (Fsp3) is 0.800. The fourth-order valence-corrected chi connectivity index (χ4v) is 2.77. The van der Waals surface area contributed by atoms with Crippen molar-refractivity contribution in [3.05, 3.63) is 11.7 Å². The molecule has 0 aromatic carbocycles. The molecular weight excluding hydrogens is 242 g/mol. The lowest BCUT2D eigenvalue weighted by Crippen LogP contribution is -2.36. The van der Waals surface area contributed by atoms with Crippen molar-refractivity contribution >= 4 is 9.84 Å². The Morgan fingerprint density at radius 1 is 1.53 bits per heavy atom. The average Bonchev–Trinajstić information content (AvgIpc) is 2.83. The Kier molecular flexibility index (Phi) is 3.22. The lowest BCUT2D eigenvalue weighted by atomic mass is 9.94. The van der Waals surface area contributed by atoms with Crippen LogP contribution in [0.5, 0.6) is 0 Å². The maximum absolute atomic E-state index is 11.1. The van der Waals surface area contributed by atoms with Crippen molar-refractivity contribution in [2.24, 2.45) is 0 Å². The van der Waals surface area contributed by atoms with Crippen LogP contribution in [0.3, 0.4) is 0 Å². The molecule has 1 saturated heterocycles. The minimum atomic E-state index is -3.12. The molecule has 1 unspecified atom stereocenters. The highest BCUT2D eigenvalue weighted by atomic mass is 32.2. The molecular formula is C10H17N3O3S. The predicted octanol–water partition coefficient (Wildman–Crippen LogP) is 0.603. The van der Waals surface area contributed by atoms with Crippen LogP contribution in [0.4, 0.5) is 0 Å². The van der Waals surface area contributed by atoms with Crippen molar-refractivity contribution in [1.29, 1.82) is 0 Å². The van der Waals surface area contributed by atoms with Crippen LogP contribution in [-0.2, 0) is 21.1 Å². The highest BCUT2D eigenvalue weighted by molar-refractivity contribution is 7.89. The summed E-state index contributed by atoms with van der Waals surface area (Å²) in [4.78, 5) is 4.20. The molecule has 1 aromatic rings. The number of nitrogens with zero attached hydrogens (tertiary/aromatic N) is 2. The van der Waals surface area contributed by atoms with Gasteiger partial charge in [0.05, 0.1) is 5.54 Å². The van der Waals surface area contributed by atoms with Gasteiger partial charge in [0.25, 0.3) is 0 Å². The quantitative estimate of drug-likeness (QED) is 0.852. The van der Waals surface area contributed by atoms with Crippen LogP contribution >= 0.6 is 0 Å². The fourth-order valence-electron chi connectivity index (χ4n) is 2.18. The van der Waals surface area contributed by atoms with Crippen LogP contribution in [0.2, 0.25) is 0 Å². The summed E-state index contributed by atoms with van der Waals surface area (Å²) in [5.74, 6) is 0.580. The van der Waals surface area contributed by atoms with Crippen molar-refractivity contribution in [2.75, 3.05) is 12.8 Å². The normalized spacial score (nSPS) is 25.3. The first-order valence-electron chi connectivity index (χ1n) is 5.71. The number of hydrogen-bond donors (Lipinski definition) is 1. The highest BCUT2D eigenvalue weighted by Gasteiger charge is 2.38. The Bertz CT molecular complexity index is 489. The van der Waals surface area contributed by atoms with E-state index in [1.54, 1.807) is 0 Å². The van der Waals surface area contributed by atoms with Crippen LogP contribution in [0, 0.1) is 0 Å². The molecule has 1 N–H and O–H groups in total. The van der Waals surface area contributed by atoms with Gasteiger partial charge in [-0.2, -0.15) is 4.98 Å². The summed E-state index contributed by atoms with van der Waals surface area (Å²) in [6.07, 6.45) is 4.03. The van der Waals surface area contributed by atoms with E-state index >= 15 is 0 Å². The van der Waals surface area contributed by atoms with Gasteiger partial charge in [-0.3, -0.25) is 0 Å². The van der Waals surface area contributed by atoms with Crippen LogP contribution in [0.1, 0.15) is 37.9 Å². The second-order valence-electron chi connectivity index (χ2n) is 4.55.